The van der Waals surface area contributed by atoms with Gasteiger partial charge in [-0.15, -0.1) is 0 Å². The summed E-state index contributed by atoms with van der Waals surface area (Å²) < 4.78 is 11.1. The van der Waals surface area contributed by atoms with Crippen LogP contribution in [0.2, 0.25) is 0 Å². The van der Waals surface area contributed by atoms with Crippen LogP contribution < -0.4 is 14.8 Å². The molecule has 1 aromatic rings. The number of aliphatic hydroxyl groups is 1. The summed E-state index contributed by atoms with van der Waals surface area (Å²) in [7, 11) is 3.59. The Morgan fingerprint density at radius 2 is 2.00 bits per heavy atom. The highest BCUT2D eigenvalue weighted by Gasteiger charge is 2.09. The van der Waals surface area contributed by atoms with Gasteiger partial charge < -0.3 is 19.9 Å². The van der Waals surface area contributed by atoms with E-state index >= 15 is 0 Å². The number of hydrogen-bond donors (Lipinski definition) is 2. The lowest BCUT2D eigenvalue weighted by Gasteiger charge is -2.15. The van der Waals surface area contributed by atoms with Gasteiger partial charge >= 0.3 is 0 Å². The number of hydrogen-bond acceptors (Lipinski definition) is 4. The normalized spacial score (nSPS) is 12.2. The highest BCUT2D eigenvalue weighted by atomic mass is 16.5. The van der Waals surface area contributed by atoms with E-state index in [9.17, 15) is 0 Å². The van der Waals surface area contributed by atoms with Gasteiger partial charge in [-0.25, -0.2) is 0 Å². The Balaban J connectivity index is 2.58. The highest BCUT2D eigenvalue weighted by Crippen LogP contribution is 2.30. The van der Waals surface area contributed by atoms with Crippen molar-refractivity contribution in [3.63, 3.8) is 0 Å². The maximum absolute atomic E-state index is 8.70. The summed E-state index contributed by atoms with van der Waals surface area (Å²) >= 11 is 0. The summed E-state index contributed by atoms with van der Waals surface area (Å²) in [5, 5.41) is 11.9. The van der Waals surface area contributed by atoms with Gasteiger partial charge in [0.1, 0.15) is 0 Å². The zero-order chi connectivity index (χ0) is 14.1. The Labute approximate surface area is 115 Å². The van der Waals surface area contributed by atoms with Crippen LogP contribution in [0.4, 0.5) is 0 Å². The molecule has 4 heteroatoms. The molecule has 0 aliphatic heterocycles. The summed E-state index contributed by atoms with van der Waals surface area (Å²) in [6.07, 6.45) is 2.76. The first kappa shape index (κ1) is 15.8. The lowest BCUT2D eigenvalue weighted by molar-refractivity contribution is 0.260. The Hall–Kier alpha value is -1.26. The van der Waals surface area contributed by atoms with Gasteiger partial charge in [-0.05, 0) is 50.9 Å². The SMILES string of the molecule is CNC(C)c1ccc(OCCCCCO)c(OC)c1. The fourth-order valence-electron chi connectivity index (χ4n) is 1.81. The zero-order valence-electron chi connectivity index (χ0n) is 12.1. The minimum Gasteiger partial charge on any atom is -0.493 e. The molecule has 2 N–H and O–H groups in total. The zero-order valence-corrected chi connectivity index (χ0v) is 12.1. The molecular formula is C15H25NO3. The third-order valence-corrected chi connectivity index (χ3v) is 3.18. The lowest BCUT2D eigenvalue weighted by atomic mass is 10.1. The van der Waals surface area contributed by atoms with Gasteiger partial charge in [0.25, 0.3) is 0 Å². The first-order valence-corrected chi connectivity index (χ1v) is 6.81. The molecular weight excluding hydrogens is 242 g/mol. The maximum atomic E-state index is 8.70. The topological polar surface area (TPSA) is 50.7 Å². The van der Waals surface area contributed by atoms with Gasteiger partial charge in [-0.2, -0.15) is 0 Å². The first-order valence-electron chi connectivity index (χ1n) is 6.81. The molecule has 0 heterocycles. The van der Waals surface area contributed by atoms with Crippen molar-refractivity contribution in [1.82, 2.24) is 5.32 Å². The van der Waals surface area contributed by atoms with Crippen molar-refractivity contribution < 1.29 is 14.6 Å². The second-order valence-corrected chi connectivity index (χ2v) is 4.55. The molecule has 1 rings (SSSR count). The molecule has 0 spiro atoms. The summed E-state index contributed by atoms with van der Waals surface area (Å²) in [6.45, 7) is 3.00. The number of ether oxygens (including phenoxy) is 2. The fraction of sp³-hybridized carbons (Fsp3) is 0.600. The van der Waals surface area contributed by atoms with Crippen molar-refractivity contribution in [2.45, 2.75) is 32.2 Å². The highest BCUT2D eigenvalue weighted by molar-refractivity contribution is 5.43. The Morgan fingerprint density at radius 3 is 2.63 bits per heavy atom. The summed E-state index contributed by atoms with van der Waals surface area (Å²) in [5.41, 5.74) is 1.17. The molecule has 4 nitrogen and oxygen atoms in total. The van der Waals surface area contributed by atoms with Gasteiger partial charge in [0.05, 0.1) is 13.7 Å². The monoisotopic (exact) mass is 267 g/mol. The Kier molecular flexibility index (Phi) is 7.30. The van der Waals surface area contributed by atoms with Crippen molar-refractivity contribution in [3.8, 4) is 11.5 Å². The lowest BCUT2D eigenvalue weighted by Crippen LogP contribution is -2.12. The van der Waals surface area contributed by atoms with Crippen molar-refractivity contribution >= 4 is 0 Å². The molecule has 0 fully saturated rings. The maximum Gasteiger partial charge on any atom is 0.161 e. The minimum absolute atomic E-state index is 0.250. The van der Waals surface area contributed by atoms with Crippen LogP contribution in [0.3, 0.4) is 0 Å². The molecule has 1 unspecified atom stereocenters. The van der Waals surface area contributed by atoms with Gasteiger partial charge in [-0.1, -0.05) is 6.07 Å². The van der Waals surface area contributed by atoms with E-state index in [1.165, 1.54) is 5.56 Å². The van der Waals surface area contributed by atoms with E-state index in [2.05, 4.69) is 12.2 Å². The molecule has 0 saturated heterocycles. The molecule has 0 aromatic heterocycles. The standard InChI is InChI=1S/C15H25NO3/c1-12(16-2)13-7-8-14(15(11-13)18-3)19-10-6-4-5-9-17/h7-8,11-12,16-17H,4-6,9-10H2,1-3H3. The van der Waals surface area contributed by atoms with Crippen LogP contribution in [0.5, 0.6) is 11.5 Å². The van der Waals surface area contributed by atoms with Crippen LogP contribution in [-0.4, -0.2) is 32.5 Å². The van der Waals surface area contributed by atoms with Gasteiger partial charge in [0.15, 0.2) is 11.5 Å². The predicted octanol–water partition coefficient (Wildman–Crippen LogP) is 2.52. The second kappa shape index (κ2) is 8.77. The predicted molar refractivity (Wildman–Crippen MR) is 76.9 cm³/mol. The molecule has 0 radical (unpaired) electrons. The quantitative estimate of drug-likeness (QED) is 0.675. The van der Waals surface area contributed by atoms with Gasteiger partial charge in [0, 0.05) is 12.6 Å². The number of aliphatic hydroxyl groups excluding tert-OH is 1. The van der Waals surface area contributed by atoms with Gasteiger partial charge in [0.2, 0.25) is 0 Å². The Morgan fingerprint density at radius 1 is 1.21 bits per heavy atom. The number of benzene rings is 1. The molecule has 1 atom stereocenters. The first-order chi connectivity index (χ1) is 9.22. The largest absolute Gasteiger partial charge is 0.493 e. The third kappa shape index (κ3) is 5.09. The van der Waals surface area contributed by atoms with Crippen LogP contribution in [-0.2, 0) is 0 Å². The van der Waals surface area contributed by atoms with Crippen molar-refractivity contribution in [1.29, 1.82) is 0 Å². The van der Waals surface area contributed by atoms with E-state index in [0.29, 0.717) is 6.61 Å². The van der Waals surface area contributed by atoms with E-state index in [4.69, 9.17) is 14.6 Å². The van der Waals surface area contributed by atoms with Crippen LogP contribution in [0, 0.1) is 0 Å². The van der Waals surface area contributed by atoms with Gasteiger partial charge in [-0.3, -0.25) is 0 Å². The van der Waals surface area contributed by atoms with E-state index in [-0.39, 0.29) is 12.6 Å². The molecule has 0 aliphatic rings. The van der Waals surface area contributed by atoms with E-state index in [1.807, 2.05) is 25.2 Å². The smallest absolute Gasteiger partial charge is 0.161 e. The molecule has 0 amide bonds. The number of methoxy groups -OCH3 is 1. The van der Waals surface area contributed by atoms with Crippen LogP contribution in [0.1, 0.15) is 37.8 Å². The van der Waals surface area contributed by atoms with E-state index < -0.39 is 0 Å². The fourth-order valence-corrected chi connectivity index (χ4v) is 1.81. The Bertz CT molecular complexity index is 368. The summed E-state index contributed by atoms with van der Waals surface area (Å²) in [6, 6.07) is 6.29. The third-order valence-electron chi connectivity index (χ3n) is 3.18. The number of unbranched alkanes of at least 4 members (excludes halogenated alkanes) is 2. The molecule has 108 valence electrons. The average molecular weight is 267 g/mol. The molecule has 1 aromatic carbocycles. The molecule has 0 bridgehead atoms. The summed E-state index contributed by atoms with van der Waals surface area (Å²) in [5.74, 6) is 1.54. The molecule has 19 heavy (non-hydrogen) atoms. The number of rotatable bonds is 9. The number of nitrogens with one attached hydrogen (secondary N) is 1. The van der Waals surface area contributed by atoms with Crippen molar-refractivity contribution in [2.75, 3.05) is 27.4 Å². The van der Waals surface area contributed by atoms with E-state index in [0.717, 1.165) is 30.8 Å². The average Bonchev–Trinajstić information content (AvgIpc) is 2.46. The van der Waals surface area contributed by atoms with E-state index in [1.54, 1.807) is 7.11 Å². The van der Waals surface area contributed by atoms with Crippen LogP contribution in [0.25, 0.3) is 0 Å². The van der Waals surface area contributed by atoms with Crippen LogP contribution in [0.15, 0.2) is 18.2 Å². The minimum atomic E-state index is 0.250. The van der Waals surface area contributed by atoms with Crippen molar-refractivity contribution in [2.24, 2.45) is 0 Å². The van der Waals surface area contributed by atoms with Crippen LogP contribution >= 0.6 is 0 Å². The van der Waals surface area contributed by atoms with Crippen molar-refractivity contribution in [3.05, 3.63) is 23.8 Å². The summed E-state index contributed by atoms with van der Waals surface area (Å²) in [4.78, 5) is 0. The molecule has 0 saturated carbocycles. The second-order valence-electron chi connectivity index (χ2n) is 4.55. The molecule has 0 aliphatic carbocycles.